The minimum Gasteiger partial charge on any atom is -0.478 e. The normalized spacial score (nSPS) is 21.5. The molecule has 0 rings (SSSR count). The second kappa shape index (κ2) is 17.2. The molecule has 0 aliphatic rings. The number of allylic oxidation sites excluding steroid dienone is 9. The SMILES string of the molecule is [2H]C(C=CCCCCCCCCC)=C([2H])C([2H])=C([2H])C([2H])=C([2H])C([2H])=C([2H])C(=O)O. The third-order valence-corrected chi connectivity index (χ3v) is 2.73. The van der Waals surface area contributed by atoms with E-state index in [0.717, 1.165) is 25.7 Å². The Morgan fingerprint density at radius 2 is 1.41 bits per heavy atom. The summed E-state index contributed by atoms with van der Waals surface area (Å²) in [6, 6.07) is -6.86. The van der Waals surface area contributed by atoms with Crippen LogP contribution in [0.2, 0.25) is 0 Å². The maximum Gasteiger partial charge on any atom is 0.328 e. The first-order valence-corrected chi connectivity index (χ1v) is 7.67. The van der Waals surface area contributed by atoms with E-state index in [1.807, 2.05) is 0 Å². The summed E-state index contributed by atoms with van der Waals surface area (Å²) < 4.78 is 61.2. The molecule has 0 bridgehead atoms. The molecule has 0 amide bonds. The van der Waals surface area contributed by atoms with Crippen LogP contribution in [0.1, 0.15) is 69.3 Å². The van der Waals surface area contributed by atoms with Gasteiger partial charge in [-0.3, -0.25) is 0 Å². The highest BCUT2D eigenvalue weighted by molar-refractivity contribution is 5.80. The molecule has 1 N–H and O–H groups in total. The molecule has 122 valence electrons. The largest absolute Gasteiger partial charge is 0.478 e. The van der Waals surface area contributed by atoms with Crippen molar-refractivity contribution in [3.63, 3.8) is 0 Å². The van der Waals surface area contributed by atoms with E-state index in [2.05, 4.69) is 6.92 Å². The summed E-state index contributed by atoms with van der Waals surface area (Å²) in [6.07, 6.45) is 11.9. The van der Waals surface area contributed by atoms with Gasteiger partial charge in [-0.2, -0.15) is 0 Å². The van der Waals surface area contributed by atoms with Crippen LogP contribution >= 0.6 is 0 Å². The number of rotatable bonds is 13. The third-order valence-electron chi connectivity index (χ3n) is 2.73. The Morgan fingerprint density at radius 3 is 2.05 bits per heavy atom. The minimum absolute atomic E-state index is 0.319. The lowest BCUT2D eigenvalue weighted by atomic mass is 10.1. The molecule has 0 aliphatic carbocycles. The van der Waals surface area contributed by atoms with Gasteiger partial charge in [-0.25, -0.2) is 4.79 Å². The van der Waals surface area contributed by atoms with Crippen LogP contribution in [0.4, 0.5) is 0 Å². The topological polar surface area (TPSA) is 37.3 Å². The van der Waals surface area contributed by atoms with Crippen molar-refractivity contribution in [2.75, 3.05) is 0 Å². The molecule has 0 atom stereocenters. The van der Waals surface area contributed by atoms with Crippen LogP contribution in [0.25, 0.3) is 0 Å². The zero-order valence-corrected chi connectivity index (χ0v) is 13.2. The Hall–Kier alpha value is -1.83. The van der Waals surface area contributed by atoms with Crippen molar-refractivity contribution >= 4 is 5.97 Å². The first-order chi connectivity index (χ1) is 14.1. The van der Waals surface area contributed by atoms with Crippen LogP contribution in [0.5, 0.6) is 0 Å². The van der Waals surface area contributed by atoms with Gasteiger partial charge in [-0.05, 0) is 12.8 Å². The van der Waals surface area contributed by atoms with E-state index in [-0.39, 0.29) is 6.05 Å². The molecule has 0 fully saturated rings. The average Bonchev–Trinajstić information content (AvgIpc) is 2.73. The number of hydrogen-bond donors (Lipinski definition) is 1. The number of unbranched alkanes of at least 4 members (excludes halogenated alkanes) is 7. The lowest BCUT2D eigenvalue weighted by molar-refractivity contribution is -0.131. The van der Waals surface area contributed by atoms with Gasteiger partial charge in [0.2, 0.25) is 0 Å². The molecule has 0 aromatic heterocycles. The van der Waals surface area contributed by atoms with Crippen molar-refractivity contribution in [2.45, 2.75) is 58.3 Å². The zero-order chi connectivity index (χ0) is 23.3. The maximum atomic E-state index is 10.7. The second-order valence-corrected chi connectivity index (χ2v) is 4.64. The second-order valence-electron chi connectivity index (χ2n) is 4.64. The Morgan fingerprint density at radius 1 is 0.864 bits per heavy atom. The molecule has 0 spiro atoms. The summed E-state index contributed by atoms with van der Waals surface area (Å²) in [5.41, 5.74) is 0. The molecule has 2 nitrogen and oxygen atoms in total. The lowest BCUT2D eigenvalue weighted by Gasteiger charge is -1.98. The number of hydrogen-bond acceptors (Lipinski definition) is 1. The summed E-state index contributed by atoms with van der Waals surface area (Å²) in [6.45, 7) is 2.17. The van der Waals surface area contributed by atoms with Crippen LogP contribution < -0.4 is 0 Å². The van der Waals surface area contributed by atoms with E-state index >= 15 is 0 Å². The summed E-state index contributed by atoms with van der Waals surface area (Å²) in [7, 11) is 0. The van der Waals surface area contributed by atoms with Crippen LogP contribution in [0.3, 0.4) is 0 Å². The van der Waals surface area contributed by atoms with Crippen molar-refractivity contribution < 1.29 is 20.9 Å². The van der Waals surface area contributed by atoms with E-state index in [4.69, 9.17) is 16.1 Å². The van der Waals surface area contributed by atoms with E-state index in [9.17, 15) is 4.79 Å². The van der Waals surface area contributed by atoms with Gasteiger partial charge in [-0.15, -0.1) is 0 Å². The van der Waals surface area contributed by atoms with Crippen LogP contribution in [-0.2, 0) is 4.79 Å². The van der Waals surface area contributed by atoms with Crippen LogP contribution in [0, 0.1) is 0 Å². The summed E-state index contributed by atoms with van der Waals surface area (Å²) in [4.78, 5) is 10.7. The van der Waals surface area contributed by atoms with Gasteiger partial charge in [0.1, 0.15) is 0 Å². The first-order valence-electron chi connectivity index (χ1n) is 11.7. The summed E-state index contributed by atoms with van der Waals surface area (Å²) in [5.74, 6) is -1.75. The molecule has 0 heterocycles. The highest BCUT2D eigenvalue weighted by Crippen LogP contribution is 2.08. The van der Waals surface area contributed by atoms with E-state index < -0.39 is 48.3 Å². The highest BCUT2D eigenvalue weighted by atomic mass is 16.4. The summed E-state index contributed by atoms with van der Waals surface area (Å²) in [5, 5.41) is 8.68. The minimum atomic E-state index is -1.75. The molecule has 0 unspecified atom stereocenters. The Balaban J connectivity index is 5.16. The van der Waals surface area contributed by atoms with E-state index in [1.165, 1.54) is 31.8 Å². The number of carboxylic acid groups (broad SMARTS) is 1. The van der Waals surface area contributed by atoms with Gasteiger partial charge in [0, 0.05) is 6.05 Å². The van der Waals surface area contributed by atoms with Crippen molar-refractivity contribution in [3.05, 3.63) is 60.6 Å². The number of carbonyl (C=O) groups is 1. The van der Waals surface area contributed by atoms with Crippen molar-refractivity contribution in [3.8, 4) is 0 Å². The van der Waals surface area contributed by atoms with Gasteiger partial charge < -0.3 is 5.11 Å². The van der Waals surface area contributed by atoms with Crippen molar-refractivity contribution in [1.29, 1.82) is 0 Å². The van der Waals surface area contributed by atoms with Gasteiger partial charge in [0.25, 0.3) is 0 Å². The van der Waals surface area contributed by atoms with Crippen LogP contribution in [-0.4, -0.2) is 11.1 Å². The van der Waals surface area contributed by atoms with Gasteiger partial charge in [0.15, 0.2) is 0 Å². The fraction of sp³-hybridized carbons (Fsp3) is 0.450. The fourth-order valence-corrected chi connectivity index (χ4v) is 1.65. The third kappa shape index (κ3) is 18.2. The monoisotopic (exact) mass is 310 g/mol. The Labute approximate surface area is 146 Å². The standard InChI is InChI=1S/C20H30O2/c1-2-3-4-5-6-7-8-9-10-11-12-13-14-15-16-17-18-19-20(21)22/h10-19H,2-9H2,1H3,(H,21,22)/i12D,13D,14D,15D,16D,17D,18D,19D. The predicted molar refractivity (Wildman–Crippen MR) is 95.9 cm³/mol. The molecule has 0 saturated heterocycles. The van der Waals surface area contributed by atoms with Gasteiger partial charge >= 0.3 is 5.97 Å². The maximum absolute atomic E-state index is 10.7. The summed E-state index contributed by atoms with van der Waals surface area (Å²) >= 11 is 0. The molecular formula is C20H30O2. The highest BCUT2D eigenvalue weighted by Gasteiger charge is 1.88. The zero-order valence-electron chi connectivity index (χ0n) is 21.2. The smallest absolute Gasteiger partial charge is 0.328 e. The van der Waals surface area contributed by atoms with E-state index in [1.54, 1.807) is 6.08 Å². The number of carboxylic acids is 1. The molecule has 0 aromatic rings. The van der Waals surface area contributed by atoms with E-state index in [0.29, 0.717) is 0 Å². The Bertz CT molecular complexity index is 748. The first kappa shape index (κ1) is 10.0. The van der Waals surface area contributed by atoms with Crippen LogP contribution in [0.15, 0.2) is 60.6 Å². The molecule has 0 radical (unpaired) electrons. The lowest BCUT2D eigenvalue weighted by Crippen LogP contribution is -1.84. The molecule has 0 saturated carbocycles. The quantitative estimate of drug-likeness (QED) is 0.257. The molecule has 0 aromatic carbocycles. The molecule has 2 heteroatoms. The average molecular weight is 311 g/mol. The molecule has 0 aliphatic heterocycles. The Kier molecular flexibility index (Phi) is 7.86. The number of aliphatic carboxylic acids is 1. The van der Waals surface area contributed by atoms with Crippen molar-refractivity contribution in [1.82, 2.24) is 0 Å². The van der Waals surface area contributed by atoms with Crippen molar-refractivity contribution in [2.24, 2.45) is 0 Å². The van der Waals surface area contributed by atoms with Gasteiger partial charge in [0.05, 0.1) is 11.0 Å². The fourth-order valence-electron chi connectivity index (χ4n) is 1.65. The molecule has 22 heavy (non-hydrogen) atoms. The molecular weight excluding hydrogens is 272 g/mol. The van der Waals surface area contributed by atoms with Gasteiger partial charge in [-0.1, -0.05) is 100.0 Å². The predicted octanol–water partition coefficient (Wildman–Crippen LogP) is 5.99.